The SMILES string of the molecule is CCOC(=O)C1=C(C)OC(CS(=O)(=O)c2ccccc2)C1C(C)C. The molecule has 1 aromatic carbocycles. The molecule has 6 heteroatoms. The number of ether oxygens (including phenoxy) is 2. The van der Waals surface area contributed by atoms with Crippen LogP contribution in [0, 0.1) is 11.8 Å². The van der Waals surface area contributed by atoms with E-state index in [4.69, 9.17) is 9.47 Å². The molecule has 2 unspecified atom stereocenters. The molecular formula is C18H24O5S. The molecule has 5 nitrogen and oxygen atoms in total. The Balaban J connectivity index is 2.28. The summed E-state index contributed by atoms with van der Waals surface area (Å²) in [5.41, 5.74) is 0.458. The summed E-state index contributed by atoms with van der Waals surface area (Å²) in [4.78, 5) is 12.5. The fourth-order valence-corrected chi connectivity index (χ4v) is 4.59. The molecule has 0 aliphatic carbocycles. The van der Waals surface area contributed by atoms with Crippen molar-refractivity contribution in [2.24, 2.45) is 11.8 Å². The van der Waals surface area contributed by atoms with Crippen LogP contribution in [0.1, 0.15) is 27.7 Å². The standard InChI is InChI=1S/C18H24O5S/c1-5-22-18(19)17-13(4)23-15(16(17)12(2)3)11-24(20,21)14-9-7-6-8-10-14/h6-10,12,15-16H,5,11H2,1-4H3. The van der Waals surface area contributed by atoms with Gasteiger partial charge < -0.3 is 9.47 Å². The second-order valence-corrected chi connectivity index (χ2v) is 8.25. The zero-order valence-electron chi connectivity index (χ0n) is 14.5. The summed E-state index contributed by atoms with van der Waals surface area (Å²) in [6.45, 7) is 7.61. The Kier molecular flexibility index (Phi) is 5.70. The number of carbonyl (C=O) groups excluding carboxylic acids is 1. The molecule has 132 valence electrons. The highest BCUT2D eigenvalue weighted by Gasteiger charge is 2.43. The lowest BCUT2D eigenvalue weighted by molar-refractivity contribution is -0.139. The first-order valence-corrected chi connectivity index (χ1v) is 9.75. The topological polar surface area (TPSA) is 69.7 Å². The molecule has 0 spiro atoms. The Bertz CT molecular complexity index is 719. The highest BCUT2D eigenvalue weighted by atomic mass is 32.2. The predicted molar refractivity (Wildman–Crippen MR) is 91.0 cm³/mol. The van der Waals surface area contributed by atoms with E-state index in [1.807, 2.05) is 13.8 Å². The van der Waals surface area contributed by atoms with Crippen molar-refractivity contribution in [1.29, 1.82) is 0 Å². The molecule has 0 fully saturated rings. The highest BCUT2D eigenvalue weighted by Crippen LogP contribution is 2.38. The van der Waals surface area contributed by atoms with Gasteiger partial charge in [-0.25, -0.2) is 13.2 Å². The zero-order chi connectivity index (χ0) is 17.9. The van der Waals surface area contributed by atoms with E-state index in [1.165, 1.54) is 0 Å². The Hall–Kier alpha value is -1.82. The van der Waals surface area contributed by atoms with Crippen LogP contribution in [-0.2, 0) is 24.1 Å². The Morgan fingerprint density at radius 1 is 1.25 bits per heavy atom. The molecule has 2 atom stereocenters. The van der Waals surface area contributed by atoms with E-state index < -0.39 is 21.9 Å². The summed E-state index contributed by atoms with van der Waals surface area (Å²) < 4.78 is 36.2. The van der Waals surface area contributed by atoms with E-state index in [2.05, 4.69) is 0 Å². The second-order valence-electron chi connectivity index (χ2n) is 6.21. The number of allylic oxidation sites excluding steroid dienone is 1. The van der Waals surface area contributed by atoms with E-state index in [0.29, 0.717) is 11.3 Å². The van der Waals surface area contributed by atoms with E-state index in [0.717, 1.165) is 0 Å². The van der Waals surface area contributed by atoms with Crippen LogP contribution in [0.5, 0.6) is 0 Å². The van der Waals surface area contributed by atoms with Crippen LogP contribution in [0.15, 0.2) is 46.6 Å². The summed E-state index contributed by atoms with van der Waals surface area (Å²) in [5, 5.41) is 0. The number of benzene rings is 1. The average Bonchev–Trinajstić information content (AvgIpc) is 2.84. The van der Waals surface area contributed by atoms with Gasteiger partial charge in [0.05, 0.1) is 22.8 Å². The minimum Gasteiger partial charge on any atom is -0.493 e. The Morgan fingerprint density at radius 2 is 1.88 bits per heavy atom. The number of esters is 1. The molecule has 0 saturated heterocycles. The normalized spacial score (nSPS) is 21.0. The number of hydrogen-bond donors (Lipinski definition) is 0. The lowest BCUT2D eigenvalue weighted by Gasteiger charge is -2.24. The van der Waals surface area contributed by atoms with Crippen molar-refractivity contribution in [3.63, 3.8) is 0 Å². The fourth-order valence-electron chi connectivity index (χ4n) is 3.11. The molecule has 0 N–H and O–H groups in total. The third kappa shape index (κ3) is 3.80. The van der Waals surface area contributed by atoms with Gasteiger partial charge in [-0.1, -0.05) is 32.0 Å². The predicted octanol–water partition coefficient (Wildman–Crippen LogP) is 2.97. The lowest BCUT2D eigenvalue weighted by atomic mass is 9.85. The maximum atomic E-state index is 12.7. The summed E-state index contributed by atoms with van der Waals surface area (Å²) in [5.74, 6) is -0.380. The van der Waals surface area contributed by atoms with Crippen molar-refractivity contribution in [2.45, 2.75) is 38.7 Å². The fraction of sp³-hybridized carbons (Fsp3) is 0.500. The summed E-state index contributed by atoms with van der Waals surface area (Å²) in [6.07, 6.45) is -0.588. The van der Waals surface area contributed by atoms with Crippen molar-refractivity contribution in [1.82, 2.24) is 0 Å². The second kappa shape index (κ2) is 7.38. The third-order valence-corrected chi connectivity index (χ3v) is 5.90. The number of sulfone groups is 1. The van der Waals surface area contributed by atoms with Crippen LogP contribution < -0.4 is 0 Å². The molecule has 0 aromatic heterocycles. The van der Waals surface area contributed by atoms with Gasteiger partial charge in [-0.3, -0.25) is 0 Å². The highest BCUT2D eigenvalue weighted by molar-refractivity contribution is 7.91. The van der Waals surface area contributed by atoms with Gasteiger partial charge in [-0.2, -0.15) is 0 Å². The number of hydrogen-bond acceptors (Lipinski definition) is 5. The molecule has 0 bridgehead atoms. The number of carbonyl (C=O) groups is 1. The Labute approximate surface area is 143 Å². The first-order valence-electron chi connectivity index (χ1n) is 8.10. The molecule has 0 saturated carbocycles. The minimum absolute atomic E-state index is 0.0535. The van der Waals surface area contributed by atoms with Crippen molar-refractivity contribution < 1.29 is 22.7 Å². The summed E-state index contributed by atoms with van der Waals surface area (Å²) in [6, 6.07) is 8.29. The van der Waals surface area contributed by atoms with E-state index >= 15 is 0 Å². The van der Waals surface area contributed by atoms with Crippen LogP contribution in [0.25, 0.3) is 0 Å². The van der Waals surface area contributed by atoms with Crippen molar-refractivity contribution in [3.8, 4) is 0 Å². The number of rotatable bonds is 6. The van der Waals surface area contributed by atoms with E-state index in [9.17, 15) is 13.2 Å². The molecular weight excluding hydrogens is 328 g/mol. The van der Waals surface area contributed by atoms with Gasteiger partial charge in [0.1, 0.15) is 11.9 Å². The molecule has 0 radical (unpaired) electrons. The van der Waals surface area contributed by atoms with E-state index in [-0.39, 0.29) is 29.1 Å². The molecule has 1 heterocycles. The Morgan fingerprint density at radius 3 is 2.42 bits per heavy atom. The van der Waals surface area contributed by atoms with Crippen molar-refractivity contribution >= 4 is 15.8 Å². The first-order chi connectivity index (χ1) is 11.3. The molecule has 1 aliphatic heterocycles. The van der Waals surface area contributed by atoms with Crippen LogP contribution in [0.3, 0.4) is 0 Å². The molecule has 2 rings (SSSR count). The molecule has 1 aromatic rings. The van der Waals surface area contributed by atoms with Gasteiger partial charge in [0.15, 0.2) is 9.84 Å². The molecule has 0 amide bonds. The van der Waals surface area contributed by atoms with Crippen LogP contribution in [0.4, 0.5) is 0 Å². The third-order valence-electron chi connectivity index (χ3n) is 4.14. The van der Waals surface area contributed by atoms with Crippen LogP contribution in [0.2, 0.25) is 0 Å². The van der Waals surface area contributed by atoms with Crippen molar-refractivity contribution in [3.05, 3.63) is 41.7 Å². The van der Waals surface area contributed by atoms with Gasteiger partial charge in [-0.05, 0) is 31.9 Å². The minimum atomic E-state index is -3.50. The van der Waals surface area contributed by atoms with Gasteiger partial charge >= 0.3 is 5.97 Å². The van der Waals surface area contributed by atoms with Gasteiger partial charge in [0.25, 0.3) is 0 Å². The maximum Gasteiger partial charge on any atom is 0.337 e. The average molecular weight is 352 g/mol. The van der Waals surface area contributed by atoms with Crippen molar-refractivity contribution in [2.75, 3.05) is 12.4 Å². The zero-order valence-corrected chi connectivity index (χ0v) is 15.3. The van der Waals surface area contributed by atoms with E-state index in [1.54, 1.807) is 44.2 Å². The quantitative estimate of drug-likeness (QED) is 0.736. The monoisotopic (exact) mass is 352 g/mol. The lowest BCUT2D eigenvalue weighted by Crippen LogP contribution is -2.33. The van der Waals surface area contributed by atoms with Crippen LogP contribution >= 0.6 is 0 Å². The van der Waals surface area contributed by atoms with Crippen LogP contribution in [-0.4, -0.2) is 32.9 Å². The van der Waals surface area contributed by atoms with Gasteiger partial charge in [0, 0.05) is 5.92 Å². The summed E-state index contributed by atoms with van der Waals surface area (Å²) >= 11 is 0. The molecule has 1 aliphatic rings. The van der Waals surface area contributed by atoms with Gasteiger partial charge in [0.2, 0.25) is 0 Å². The first kappa shape index (κ1) is 18.5. The van der Waals surface area contributed by atoms with Gasteiger partial charge in [-0.15, -0.1) is 0 Å². The maximum absolute atomic E-state index is 12.7. The summed E-state index contributed by atoms with van der Waals surface area (Å²) in [7, 11) is -3.50. The smallest absolute Gasteiger partial charge is 0.337 e. The molecule has 24 heavy (non-hydrogen) atoms. The largest absolute Gasteiger partial charge is 0.493 e.